The Morgan fingerprint density at radius 1 is 0.738 bits per heavy atom. The summed E-state index contributed by atoms with van der Waals surface area (Å²) in [5, 5.41) is 23.0. The summed E-state index contributed by atoms with van der Waals surface area (Å²) in [6.45, 7) is 0.517. The Morgan fingerprint density at radius 3 is 1.62 bits per heavy atom. The highest BCUT2D eigenvalue weighted by atomic mass is 19.4. The zero-order chi connectivity index (χ0) is 30.7. The van der Waals surface area contributed by atoms with Crippen LogP contribution in [-0.2, 0) is 18.0 Å². The first-order chi connectivity index (χ1) is 19.9. The number of alkyl halides is 3. The number of nitrogens with two attached hydrogens (primary N) is 1. The predicted molar refractivity (Wildman–Crippen MR) is 147 cm³/mol. The van der Waals surface area contributed by atoms with Gasteiger partial charge in [-0.25, -0.2) is 0 Å². The van der Waals surface area contributed by atoms with E-state index in [0.29, 0.717) is 12.4 Å². The zero-order valence-electron chi connectivity index (χ0n) is 21.6. The molecule has 0 spiro atoms. The van der Waals surface area contributed by atoms with Gasteiger partial charge in [-0.1, -0.05) is 60.7 Å². The van der Waals surface area contributed by atoms with Crippen molar-refractivity contribution >= 4 is 28.7 Å². The molecule has 0 aliphatic carbocycles. The van der Waals surface area contributed by atoms with E-state index in [1.165, 1.54) is 29.6 Å². The van der Waals surface area contributed by atoms with E-state index in [0.717, 1.165) is 23.3 Å². The van der Waals surface area contributed by atoms with Crippen molar-refractivity contribution in [2.45, 2.75) is 19.4 Å². The lowest BCUT2D eigenvalue weighted by molar-refractivity contribution is -0.384. The van der Waals surface area contributed by atoms with Crippen LogP contribution in [0, 0.1) is 20.2 Å². The summed E-state index contributed by atoms with van der Waals surface area (Å²) < 4.78 is 47.9. The van der Waals surface area contributed by atoms with Gasteiger partial charge in [0.1, 0.15) is 36.1 Å². The van der Waals surface area contributed by atoms with Gasteiger partial charge in [-0.05, 0) is 23.3 Å². The van der Waals surface area contributed by atoms with Crippen LogP contribution in [0.3, 0.4) is 0 Å². The number of nitrogens with zero attached hydrogens (tertiary/aromatic N) is 2. The minimum atomic E-state index is -5.16. The van der Waals surface area contributed by atoms with E-state index in [-0.39, 0.29) is 23.7 Å². The second-order valence-corrected chi connectivity index (χ2v) is 8.41. The number of halogens is 3. The number of carbonyl (C=O) groups is 1. The normalized spacial score (nSPS) is 10.5. The third kappa shape index (κ3) is 9.22. The molecule has 0 radical (unpaired) electrons. The van der Waals surface area contributed by atoms with Gasteiger partial charge in [0.15, 0.2) is 0 Å². The van der Waals surface area contributed by atoms with Crippen LogP contribution in [0.25, 0.3) is 0 Å². The molecule has 0 aromatic heterocycles. The van der Waals surface area contributed by atoms with Gasteiger partial charge < -0.3 is 20.5 Å². The van der Waals surface area contributed by atoms with Gasteiger partial charge >= 0.3 is 12.1 Å². The Balaban J connectivity index is 0.000000240. The standard InChI is InChI=1S/C15H11F3N2O4.C13H12N2O3/c16-15(17,18)14(21)19-12-8-11(6-7-13(12)20(22)23)24-9-10-4-2-1-3-5-10;14-12-8-11(6-7-13(12)15(16)17)18-9-10-4-2-1-3-5-10/h1-8H,9H2,(H,19,21);1-8H,9,14H2. The maximum absolute atomic E-state index is 12.3. The smallest absolute Gasteiger partial charge is 0.471 e. The first-order valence-corrected chi connectivity index (χ1v) is 12.0. The van der Waals surface area contributed by atoms with Crippen LogP contribution >= 0.6 is 0 Å². The SMILES string of the molecule is Nc1cc(OCc2ccccc2)ccc1[N+](=O)[O-].O=C(Nc1cc(OCc2ccccc2)ccc1[N+](=O)[O-])C(F)(F)F. The first-order valence-electron chi connectivity index (χ1n) is 12.0. The second-order valence-electron chi connectivity index (χ2n) is 8.41. The number of nitro benzene ring substituents is 2. The number of anilines is 2. The second kappa shape index (κ2) is 14.1. The molecule has 0 unspecified atom stereocenters. The van der Waals surface area contributed by atoms with Crippen molar-refractivity contribution in [1.82, 2.24) is 0 Å². The zero-order valence-corrected chi connectivity index (χ0v) is 21.6. The first kappa shape index (κ1) is 30.9. The summed E-state index contributed by atoms with van der Waals surface area (Å²) in [5.41, 5.74) is 6.13. The molecule has 0 atom stereocenters. The van der Waals surface area contributed by atoms with Gasteiger partial charge in [-0.2, -0.15) is 13.2 Å². The number of benzene rings is 4. The molecule has 3 N–H and O–H groups in total. The summed E-state index contributed by atoms with van der Waals surface area (Å²) in [7, 11) is 0. The number of hydrogen-bond donors (Lipinski definition) is 2. The lowest BCUT2D eigenvalue weighted by Gasteiger charge is -2.11. The molecular formula is C28H23F3N4O7. The van der Waals surface area contributed by atoms with E-state index < -0.39 is 33.3 Å². The monoisotopic (exact) mass is 584 g/mol. The summed E-state index contributed by atoms with van der Waals surface area (Å²) in [6, 6.07) is 26.1. The Morgan fingerprint density at radius 2 is 1.19 bits per heavy atom. The third-order valence-electron chi connectivity index (χ3n) is 5.36. The topological polar surface area (TPSA) is 160 Å². The molecule has 0 fully saturated rings. The fourth-order valence-electron chi connectivity index (χ4n) is 3.33. The summed E-state index contributed by atoms with van der Waals surface area (Å²) in [4.78, 5) is 31.1. The molecule has 4 aromatic rings. The number of nitrogens with one attached hydrogen (secondary N) is 1. The van der Waals surface area contributed by atoms with Crippen LogP contribution in [0.5, 0.6) is 11.5 Å². The van der Waals surface area contributed by atoms with Gasteiger partial charge in [0.25, 0.3) is 11.4 Å². The van der Waals surface area contributed by atoms with Crippen LogP contribution in [0.15, 0.2) is 97.1 Å². The molecule has 1 amide bonds. The van der Waals surface area contributed by atoms with Gasteiger partial charge in [-0.3, -0.25) is 25.0 Å². The predicted octanol–water partition coefficient (Wildman–Crippen LogP) is 6.43. The fourth-order valence-corrected chi connectivity index (χ4v) is 3.33. The molecule has 4 rings (SSSR count). The van der Waals surface area contributed by atoms with Gasteiger partial charge in [0.2, 0.25) is 0 Å². The molecule has 0 saturated carbocycles. The summed E-state index contributed by atoms with van der Waals surface area (Å²) in [6.07, 6.45) is -5.16. The Labute approximate surface area is 236 Å². The number of hydrogen-bond acceptors (Lipinski definition) is 8. The minimum absolute atomic E-state index is 0.0851. The van der Waals surface area contributed by atoms with Crippen molar-refractivity contribution < 1.29 is 37.3 Å². The molecule has 14 heteroatoms. The number of amides is 1. The maximum atomic E-state index is 12.3. The van der Waals surface area contributed by atoms with Crippen molar-refractivity contribution in [2.24, 2.45) is 0 Å². The van der Waals surface area contributed by atoms with E-state index in [1.807, 2.05) is 30.3 Å². The summed E-state index contributed by atoms with van der Waals surface area (Å²) in [5.74, 6) is -1.70. The molecule has 0 aliphatic rings. The molecule has 42 heavy (non-hydrogen) atoms. The highest BCUT2D eigenvalue weighted by molar-refractivity contribution is 5.97. The minimum Gasteiger partial charge on any atom is -0.489 e. The van der Waals surface area contributed by atoms with E-state index in [2.05, 4.69) is 0 Å². The lowest BCUT2D eigenvalue weighted by Crippen LogP contribution is -2.30. The van der Waals surface area contributed by atoms with E-state index >= 15 is 0 Å². The number of rotatable bonds is 9. The van der Waals surface area contributed by atoms with Gasteiger partial charge in [0, 0.05) is 24.3 Å². The Bertz CT molecular complexity index is 1540. The Hall–Kier alpha value is -5.66. The number of ether oxygens (including phenoxy) is 2. The maximum Gasteiger partial charge on any atom is 0.471 e. The Kier molecular flexibility index (Phi) is 10.4. The molecule has 0 aliphatic heterocycles. The number of carbonyl (C=O) groups excluding carboxylic acids is 1. The quantitative estimate of drug-likeness (QED) is 0.129. The van der Waals surface area contributed by atoms with Crippen LogP contribution in [0.1, 0.15) is 11.1 Å². The molecule has 0 heterocycles. The largest absolute Gasteiger partial charge is 0.489 e. The molecule has 4 aromatic carbocycles. The highest BCUT2D eigenvalue weighted by Crippen LogP contribution is 2.31. The number of nitro groups is 2. The van der Waals surface area contributed by atoms with Crippen molar-refractivity contribution in [1.29, 1.82) is 0 Å². The van der Waals surface area contributed by atoms with Crippen molar-refractivity contribution in [3.63, 3.8) is 0 Å². The molecule has 0 bridgehead atoms. The highest BCUT2D eigenvalue weighted by Gasteiger charge is 2.39. The average molecular weight is 585 g/mol. The van der Waals surface area contributed by atoms with Gasteiger partial charge in [-0.15, -0.1) is 0 Å². The number of nitrogen functional groups attached to an aromatic ring is 1. The van der Waals surface area contributed by atoms with Crippen LogP contribution in [0.4, 0.5) is 35.9 Å². The van der Waals surface area contributed by atoms with Gasteiger partial charge in [0.05, 0.1) is 9.85 Å². The van der Waals surface area contributed by atoms with Crippen molar-refractivity contribution in [3.8, 4) is 11.5 Å². The van der Waals surface area contributed by atoms with E-state index in [4.69, 9.17) is 15.2 Å². The molecule has 11 nitrogen and oxygen atoms in total. The van der Waals surface area contributed by atoms with Crippen molar-refractivity contribution in [2.75, 3.05) is 11.1 Å². The lowest BCUT2D eigenvalue weighted by atomic mass is 10.2. The molecule has 0 saturated heterocycles. The third-order valence-corrected chi connectivity index (χ3v) is 5.36. The van der Waals surface area contributed by atoms with E-state index in [1.54, 1.807) is 30.3 Å². The average Bonchev–Trinajstić information content (AvgIpc) is 2.96. The van der Waals surface area contributed by atoms with Crippen LogP contribution in [-0.4, -0.2) is 21.9 Å². The fraction of sp³-hybridized carbons (Fsp3) is 0.107. The summed E-state index contributed by atoms with van der Waals surface area (Å²) >= 11 is 0. The van der Waals surface area contributed by atoms with Crippen LogP contribution in [0.2, 0.25) is 0 Å². The van der Waals surface area contributed by atoms with Crippen LogP contribution < -0.4 is 20.5 Å². The molecule has 218 valence electrons. The van der Waals surface area contributed by atoms with E-state index in [9.17, 15) is 38.2 Å². The molecular weight excluding hydrogens is 561 g/mol. The van der Waals surface area contributed by atoms with Crippen molar-refractivity contribution in [3.05, 3.63) is 128 Å².